The summed E-state index contributed by atoms with van der Waals surface area (Å²) in [6.07, 6.45) is 8.09. The van der Waals surface area contributed by atoms with Crippen molar-refractivity contribution in [3.63, 3.8) is 0 Å². The van der Waals surface area contributed by atoms with Crippen molar-refractivity contribution in [3.8, 4) is 0 Å². The van der Waals surface area contributed by atoms with E-state index < -0.39 is 0 Å². The molecule has 2 aliphatic carbocycles. The summed E-state index contributed by atoms with van der Waals surface area (Å²) < 4.78 is 6.01. The van der Waals surface area contributed by atoms with Gasteiger partial charge in [-0.15, -0.1) is 0 Å². The zero-order valence-corrected chi connectivity index (χ0v) is 10.7. The molecule has 0 bridgehead atoms. The summed E-state index contributed by atoms with van der Waals surface area (Å²) in [7, 11) is 0. The van der Waals surface area contributed by atoms with Crippen molar-refractivity contribution < 1.29 is 9.84 Å². The first kappa shape index (κ1) is 12.4. The molecule has 1 N–H and O–H groups in total. The van der Waals surface area contributed by atoms with Crippen molar-refractivity contribution in [1.29, 1.82) is 0 Å². The summed E-state index contributed by atoms with van der Waals surface area (Å²) in [6.45, 7) is 5.07. The summed E-state index contributed by atoms with van der Waals surface area (Å²) >= 11 is 0. The second kappa shape index (κ2) is 5.05. The van der Waals surface area contributed by atoms with Gasteiger partial charge >= 0.3 is 0 Å². The number of aliphatic hydroxyl groups excluding tert-OH is 1. The molecule has 16 heavy (non-hydrogen) atoms. The van der Waals surface area contributed by atoms with Crippen LogP contribution in [0.2, 0.25) is 0 Å². The lowest BCUT2D eigenvalue weighted by Gasteiger charge is -2.47. The lowest BCUT2D eigenvalue weighted by molar-refractivity contribution is -0.172. The van der Waals surface area contributed by atoms with Crippen LogP contribution in [0.1, 0.15) is 58.8 Å². The Bertz CT molecular complexity index is 221. The Kier molecular flexibility index (Phi) is 3.91. The average molecular weight is 226 g/mol. The van der Waals surface area contributed by atoms with Crippen LogP contribution in [-0.4, -0.2) is 23.4 Å². The molecule has 0 aromatic heterocycles. The maximum Gasteiger partial charge on any atom is 0.0945 e. The van der Waals surface area contributed by atoms with Gasteiger partial charge in [0.1, 0.15) is 0 Å². The van der Waals surface area contributed by atoms with Gasteiger partial charge in [0.2, 0.25) is 0 Å². The van der Waals surface area contributed by atoms with E-state index in [0.29, 0.717) is 11.8 Å². The highest BCUT2D eigenvalue weighted by molar-refractivity contribution is 4.97. The van der Waals surface area contributed by atoms with Gasteiger partial charge in [0.25, 0.3) is 0 Å². The molecule has 0 spiro atoms. The second-order valence-electron chi connectivity index (χ2n) is 5.84. The Labute approximate surface area is 99.4 Å². The summed E-state index contributed by atoms with van der Waals surface area (Å²) in [4.78, 5) is 0. The summed E-state index contributed by atoms with van der Waals surface area (Å²) in [6, 6.07) is 0. The number of hydrogen-bond acceptors (Lipinski definition) is 2. The fourth-order valence-corrected chi connectivity index (χ4v) is 3.50. The molecular formula is C14H26O2. The number of hydrogen-bond donors (Lipinski definition) is 1. The molecule has 3 unspecified atom stereocenters. The molecule has 2 aliphatic rings. The first-order valence-electron chi connectivity index (χ1n) is 7.00. The van der Waals surface area contributed by atoms with Crippen LogP contribution >= 0.6 is 0 Å². The van der Waals surface area contributed by atoms with E-state index >= 15 is 0 Å². The molecule has 0 aromatic carbocycles. The second-order valence-corrected chi connectivity index (χ2v) is 5.84. The van der Waals surface area contributed by atoms with Crippen LogP contribution < -0.4 is 0 Å². The standard InChI is InChI=1S/C14H26O2/c1-3-16-14(9-5-6-11(2)10-14)13(15)12-7-4-8-12/h11-13,15H,3-10H2,1-2H3. The largest absolute Gasteiger partial charge is 0.390 e. The maximum absolute atomic E-state index is 10.6. The normalized spacial score (nSPS) is 38.1. The van der Waals surface area contributed by atoms with E-state index in [-0.39, 0.29) is 11.7 Å². The summed E-state index contributed by atoms with van der Waals surface area (Å²) in [5.74, 6) is 1.21. The van der Waals surface area contributed by atoms with E-state index in [4.69, 9.17) is 4.74 Å². The van der Waals surface area contributed by atoms with Gasteiger partial charge in [-0.05, 0) is 44.4 Å². The van der Waals surface area contributed by atoms with Gasteiger partial charge in [0.15, 0.2) is 0 Å². The first-order valence-corrected chi connectivity index (χ1v) is 7.00. The van der Waals surface area contributed by atoms with Crippen molar-refractivity contribution in [2.75, 3.05) is 6.61 Å². The van der Waals surface area contributed by atoms with Gasteiger partial charge < -0.3 is 9.84 Å². The van der Waals surface area contributed by atoms with E-state index in [1.807, 2.05) is 0 Å². The lowest BCUT2D eigenvalue weighted by atomic mass is 9.68. The molecule has 0 aromatic rings. The molecule has 0 amide bonds. The van der Waals surface area contributed by atoms with E-state index in [2.05, 4.69) is 13.8 Å². The highest BCUT2D eigenvalue weighted by Gasteiger charge is 2.46. The van der Waals surface area contributed by atoms with E-state index in [0.717, 1.165) is 19.4 Å². The Hall–Kier alpha value is -0.0800. The van der Waals surface area contributed by atoms with Gasteiger partial charge in [-0.25, -0.2) is 0 Å². The topological polar surface area (TPSA) is 29.5 Å². The molecule has 2 fully saturated rings. The molecule has 2 nitrogen and oxygen atoms in total. The number of ether oxygens (including phenoxy) is 1. The predicted molar refractivity (Wildman–Crippen MR) is 65.3 cm³/mol. The fraction of sp³-hybridized carbons (Fsp3) is 1.00. The number of rotatable bonds is 4. The molecule has 2 heteroatoms. The Morgan fingerprint density at radius 1 is 1.31 bits per heavy atom. The van der Waals surface area contributed by atoms with Gasteiger partial charge in [0.05, 0.1) is 11.7 Å². The van der Waals surface area contributed by atoms with E-state index in [9.17, 15) is 5.11 Å². The fourth-order valence-electron chi connectivity index (χ4n) is 3.50. The highest BCUT2D eigenvalue weighted by atomic mass is 16.5. The molecule has 3 atom stereocenters. The monoisotopic (exact) mass is 226 g/mol. The van der Waals surface area contributed by atoms with Crippen molar-refractivity contribution in [2.45, 2.75) is 70.5 Å². The third-order valence-electron chi connectivity index (χ3n) is 4.56. The molecule has 0 saturated heterocycles. The zero-order valence-electron chi connectivity index (χ0n) is 10.7. The van der Waals surface area contributed by atoms with Gasteiger partial charge in [-0.1, -0.05) is 26.2 Å². The Morgan fingerprint density at radius 2 is 2.06 bits per heavy atom. The van der Waals surface area contributed by atoms with E-state index in [1.165, 1.54) is 32.1 Å². The molecule has 2 rings (SSSR count). The van der Waals surface area contributed by atoms with E-state index in [1.54, 1.807) is 0 Å². The minimum atomic E-state index is -0.219. The minimum absolute atomic E-state index is 0.211. The van der Waals surface area contributed by atoms with Crippen molar-refractivity contribution in [3.05, 3.63) is 0 Å². The van der Waals surface area contributed by atoms with Crippen LogP contribution in [0, 0.1) is 11.8 Å². The van der Waals surface area contributed by atoms with Gasteiger partial charge in [0, 0.05) is 6.61 Å². The van der Waals surface area contributed by atoms with Crippen LogP contribution in [0.4, 0.5) is 0 Å². The van der Waals surface area contributed by atoms with Crippen molar-refractivity contribution in [2.24, 2.45) is 11.8 Å². The van der Waals surface area contributed by atoms with Crippen LogP contribution in [0.5, 0.6) is 0 Å². The smallest absolute Gasteiger partial charge is 0.0945 e. The third kappa shape index (κ3) is 2.28. The van der Waals surface area contributed by atoms with Gasteiger partial charge in [-0.3, -0.25) is 0 Å². The lowest BCUT2D eigenvalue weighted by Crippen LogP contribution is -2.52. The average Bonchev–Trinajstić information content (AvgIpc) is 2.15. The highest BCUT2D eigenvalue weighted by Crippen LogP contribution is 2.44. The third-order valence-corrected chi connectivity index (χ3v) is 4.56. The first-order chi connectivity index (χ1) is 7.68. The summed E-state index contributed by atoms with van der Waals surface area (Å²) in [5, 5.41) is 10.6. The van der Waals surface area contributed by atoms with Crippen molar-refractivity contribution in [1.82, 2.24) is 0 Å². The van der Waals surface area contributed by atoms with Crippen LogP contribution in [0.3, 0.4) is 0 Å². The van der Waals surface area contributed by atoms with Crippen molar-refractivity contribution >= 4 is 0 Å². The Morgan fingerprint density at radius 3 is 2.56 bits per heavy atom. The molecular weight excluding hydrogens is 200 g/mol. The SMILES string of the molecule is CCOC1(C(O)C2CCC2)CCCC(C)C1. The quantitative estimate of drug-likeness (QED) is 0.798. The Balaban J connectivity index is 2.06. The molecule has 0 radical (unpaired) electrons. The summed E-state index contributed by atoms with van der Waals surface area (Å²) in [5.41, 5.74) is -0.211. The molecule has 94 valence electrons. The van der Waals surface area contributed by atoms with Crippen LogP contribution in [-0.2, 0) is 4.74 Å². The minimum Gasteiger partial charge on any atom is -0.390 e. The van der Waals surface area contributed by atoms with Crippen LogP contribution in [0.15, 0.2) is 0 Å². The predicted octanol–water partition coefficient (Wildman–Crippen LogP) is 3.13. The molecule has 0 aliphatic heterocycles. The number of aliphatic hydroxyl groups is 1. The van der Waals surface area contributed by atoms with Gasteiger partial charge in [-0.2, -0.15) is 0 Å². The molecule has 2 saturated carbocycles. The van der Waals surface area contributed by atoms with Crippen LogP contribution in [0.25, 0.3) is 0 Å². The zero-order chi connectivity index (χ0) is 11.6. The molecule has 0 heterocycles. The maximum atomic E-state index is 10.6.